The van der Waals surface area contributed by atoms with Crippen molar-refractivity contribution in [1.82, 2.24) is 4.90 Å². The molecule has 7 heteroatoms. The number of esters is 1. The van der Waals surface area contributed by atoms with E-state index in [0.717, 1.165) is 0 Å². The maximum Gasteiger partial charge on any atom is 0.338 e. The average molecular weight is 313 g/mol. The Bertz CT molecular complexity index is 544. The van der Waals surface area contributed by atoms with Crippen LogP contribution < -0.4 is 5.73 Å². The third kappa shape index (κ3) is 3.86. The lowest BCUT2D eigenvalue weighted by molar-refractivity contribution is -0.143. The van der Waals surface area contributed by atoms with Gasteiger partial charge in [-0.3, -0.25) is 4.79 Å². The van der Waals surface area contributed by atoms with Gasteiger partial charge in [0, 0.05) is 13.1 Å². The molecule has 1 atom stereocenters. The number of ether oxygens (including phenoxy) is 2. The Morgan fingerprint density at radius 1 is 1.38 bits per heavy atom. The summed E-state index contributed by atoms with van der Waals surface area (Å²) in [5.41, 5.74) is 6.22. The first-order valence-corrected chi connectivity index (χ1v) is 6.99. The van der Waals surface area contributed by atoms with E-state index in [2.05, 4.69) is 0 Å². The summed E-state index contributed by atoms with van der Waals surface area (Å²) in [6.07, 6.45) is -0.855. The van der Waals surface area contributed by atoms with Crippen molar-refractivity contribution in [3.63, 3.8) is 0 Å². The number of nitrogen functional groups attached to an aromatic ring is 1. The lowest BCUT2D eigenvalue weighted by Crippen LogP contribution is -2.46. The summed E-state index contributed by atoms with van der Waals surface area (Å²) in [5.74, 6) is -0.834. The number of nitrogens with zero attached hydrogens (tertiary/aromatic N) is 1. The number of hydrogen-bond donors (Lipinski definition) is 1. The molecule has 0 saturated carbocycles. The molecule has 1 aromatic carbocycles. The third-order valence-corrected chi connectivity index (χ3v) is 3.52. The second-order valence-corrected chi connectivity index (χ2v) is 5.13. The average Bonchev–Trinajstić information content (AvgIpc) is 2.50. The molecule has 1 aliphatic heterocycles. The van der Waals surface area contributed by atoms with Crippen LogP contribution in [0, 0.1) is 0 Å². The number of nitrogens with two attached hydrogens (primary N) is 1. The molecule has 0 spiro atoms. The van der Waals surface area contributed by atoms with Gasteiger partial charge in [-0.05, 0) is 25.1 Å². The number of anilines is 1. The quantitative estimate of drug-likeness (QED) is 0.672. The topological polar surface area (TPSA) is 81.9 Å². The predicted molar refractivity (Wildman–Crippen MR) is 78.1 cm³/mol. The van der Waals surface area contributed by atoms with E-state index in [-0.39, 0.29) is 16.5 Å². The fraction of sp³-hybridized carbons (Fsp3) is 0.429. The van der Waals surface area contributed by atoms with E-state index in [1.807, 2.05) is 0 Å². The van der Waals surface area contributed by atoms with Gasteiger partial charge in [0.15, 0.2) is 6.10 Å². The molecule has 2 rings (SSSR count). The molecule has 6 nitrogen and oxygen atoms in total. The van der Waals surface area contributed by atoms with Crippen molar-refractivity contribution in [1.29, 1.82) is 0 Å². The van der Waals surface area contributed by atoms with Gasteiger partial charge in [0.2, 0.25) is 0 Å². The van der Waals surface area contributed by atoms with Gasteiger partial charge >= 0.3 is 5.97 Å². The zero-order valence-electron chi connectivity index (χ0n) is 11.7. The number of halogens is 1. The minimum Gasteiger partial charge on any atom is -0.449 e. The zero-order chi connectivity index (χ0) is 15.4. The fourth-order valence-corrected chi connectivity index (χ4v) is 2.15. The normalized spacial score (nSPS) is 16.4. The molecule has 1 unspecified atom stereocenters. The Morgan fingerprint density at radius 3 is 2.67 bits per heavy atom. The summed E-state index contributed by atoms with van der Waals surface area (Å²) in [6.45, 7) is 3.57. The number of hydrogen-bond acceptors (Lipinski definition) is 5. The molecule has 21 heavy (non-hydrogen) atoms. The highest BCUT2D eigenvalue weighted by molar-refractivity contribution is 6.33. The van der Waals surface area contributed by atoms with Crippen LogP contribution in [0.15, 0.2) is 18.2 Å². The van der Waals surface area contributed by atoms with Crippen LogP contribution >= 0.6 is 11.6 Å². The smallest absolute Gasteiger partial charge is 0.338 e. The molecular weight excluding hydrogens is 296 g/mol. The first-order valence-electron chi connectivity index (χ1n) is 6.61. The van der Waals surface area contributed by atoms with Gasteiger partial charge in [0.25, 0.3) is 5.91 Å². The van der Waals surface area contributed by atoms with Crippen LogP contribution in [0.3, 0.4) is 0 Å². The Balaban J connectivity index is 1.97. The van der Waals surface area contributed by atoms with Crippen LogP contribution in [0.5, 0.6) is 0 Å². The minimum atomic E-state index is -0.855. The first-order chi connectivity index (χ1) is 9.99. The maximum absolute atomic E-state index is 12.1. The van der Waals surface area contributed by atoms with Crippen LogP contribution in [0.2, 0.25) is 5.02 Å². The van der Waals surface area contributed by atoms with Crippen molar-refractivity contribution in [3.05, 3.63) is 28.8 Å². The molecule has 1 heterocycles. The van der Waals surface area contributed by atoms with Gasteiger partial charge in [-0.25, -0.2) is 4.79 Å². The van der Waals surface area contributed by atoms with Crippen LogP contribution in [-0.2, 0) is 14.3 Å². The van der Waals surface area contributed by atoms with E-state index >= 15 is 0 Å². The Hall–Kier alpha value is -1.79. The standard InChI is InChI=1S/C14H17ClN2O4/c1-9(13(18)17-4-6-20-7-5-17)21-14(19)10-2-3-12(16)11(15)8-10/h2-3,8-9H,4-7,16H2,1H3. The first kappa shape index (κ1) is 15.6. The predicted octanol–water partition coefficient (Wildman–Crippen LogP) is 1.33. The summed E-state index contributed by atoms with van der Waals surface area (Å²) in [7, 11) is 0. The summed E-state index contributed by atoms with van der Waals surface area (Å²) in [4.78, 5) is 25.7. The molecule has 0 aromatic heterocycles. The van der Waals surface area contributed by atoms with Crippen molar-refractivity contribution in [2.75, 3.05) is 32.0 Å². The molecule has 1 fully saturated rings. The van der Waals surface area contributed by atoms with Crippen LogP contribution in [-0.4, -0.2) is 49.2 Å². The summed E-state index contributed by atoms with van der Waals surface area (Å²) < 4.78 is 10.4. The largest absolute Gasteiger partial charge is 0.449 e. The summed E-state index contributed by atoms with van der Waals surface area (Å²) >= 11 is 5.86. The lowest BCUT2D eigenvalue weighted by Gasteiger charge is -2.28. The van der Waals surface area contributed by atoms with Gasteiger partial charge < -0.3 is 20.1 Å². The Morgan fingerprint density at radius 2 is 2.05 bits per heavy atom. The van der Waals surface area contributed by atoms with E-state index in [1.54, 1.807) is 11.8 Å². The van der Waals surface area contributed by atoms with Gasteiger partial charge in [0.05, 0.1) is 29.5 Å². The van der Waals surface area contributed by atoms with Crippen LogP contribution in [0.25, 0.3) is 0 Å². The molecule has 0 bridgehead atoms. The highest BCUT2D eigenvalue weighted by Crippen LogP contribution is 2.20. The van der Waals surface area contributed by atoms with Crippen LogP contribution in [0.4, 0.5) is 5.69 Å². The van der Waals surface area contributed by atoms with E-state index in [4.69, 9.17) is 26.8 Å². The molecule has 1 aromatic rings. The number of amides is 1. The molecule has 0 aliphatic carbocycles. The van der Waals surface area contributed by atoms with E-state index in [1.165, 1.54) is 18.2 Å². The van der Waals surface area contributed by atoms with Crippen molar-refractivity contribution in [2.45, 2.75) is 13.0 Å². The fourth-order valence-electron chi connectivity index (χ4n) is 1.97. The summed E-state index contributed by atoms with van der Waals surface area (Å²) in [5, 5.41) is 0.275. The van der Waals surface area contributed by atoms with Crippen molar-refractivity contribution < 1.29 is 19.1 Å². The second-order valence-electron chi connectivity index (χ2n) is 4.72. The monoisotopic (exact) mass is 312 g/mol. The highest BCUT2D eigenvalue weighted by Gasteiger charge is 2.25. The van der Waals surface area contributed by atoms with E-state index < -0.39 is 12.1 Å². The third-order valence-electron chi connectivity index (χ3n) is 3.19. The second kappa shape index (κ2) is 6.78. The molecular formula is C14H17ClN2O4. The number of carbonyl (C=O) groups is 2. The molecule has 2 N–H and O–H groups in total. The molecule has 1 aliphatic rings. The van der Waals surface area contributed by atoms with E-state index in [9.17, 15) is 9.59 Å². The molecule has 0 radical (unpaired) electrons. The number of rotatable bonds is 3. The molecule has 1 saturated heterocycles. The van der Waals surface area contributed by atoms with Crippen molar-refractivity contribution >= 4 is 29.2 Å². The van der Waals surface area contributed by atoms with Gasteiger partial charge in [-0.2, -0.15) is 0 Å². The van der Waals surface area contributed by atoms with Crippen molar-refractivity contribution in [3.8, 4) is 0 Å². The molecule has 1 amide bonds. The Kier molecular flexibility index (Phi) is 5.03. The Labute approximate surface area is 127 Å². The van der Waals surface area contributed by atoms with Gasteiger partial charge in [-0.15, -0.1) is 0 Å². The van der Waals surface area contributed by atoms with Crippen molar-refractivity contribution in [2.24, 2.45) is 0 Å². The number of benzene rings is 1. The zero-order valence-corrected chi connectivity index (χ0v) is 12.4. The SMILES string of the molecule is CC(OC(=O)c1ccc(N)c(Cl)c1)C(=O)N1CCOCC1. The summed E-state index contributed by atoms with van der Waals surface area (Å²) in [6, 6.07) is 4.45. The van der Waals surface area contributed by atoms with E-state index in [0.29, 0.717) is 32.0 Å². The number of carbonyl (C=O) groups excluding carboxylic acids is 2. The number of morpholine rings is 1. The maximum atomic E-state index is 12.1. The molecule has 114 valence electrons. The minimum absolute atomic E-state index is 0.229. The highest BCUT2D eigenvalue weighted by atomic mass is 35.5. The van der Waals surface area contributed by atoms with Gasteiger partial charge in [0.1, 0.15) is 0 Å². The lowest BCUT2D eigenvalue weighted by atomic mass is 10.2. The van der Waals surface area contributed by atoms with Gasteiger partial charge in [-0.1, -0.05) is 11.6 Å². The van der Waals surface area contributed by atoms with Crippen LogP contribution in [0.1, 0.15) is 17.3 Å².